The number of nitrogens with zero attached hydrogens (tertiary/aromatic N) is 2. The zero-order valence-electron chi connectivity index (χ0n) is 38.8. The molecule has 2 fully saturated rings. The number of allylic oxidation sites excluding steroid dienone is 2. The second kappa shape index (κ2) is 27.4. The van der Waals surface area contributed by atoms with Crippen LogP contribution in [0.4, 0.5) is 4.79 Å². The van der Waals surface area contributed by atoms with Crippen LogP contribution in [-0.2, 0) is 29.1 Å². The molecule has 2 heterocycles. The molecule has 4 rings (SSSR count). The predicted octanol–water partition coefficient (Wildman–Crippen LogP) is 9.33. The number of ether oxygens (including phenoxy) is 3. The van der Waals surface area contributed by atoms with Gasteiger partial charge in [0.2, 0.25) is 39.5 Å². The van der Waals surface area contributed by atoms with Crippen LogP contribution >= 0.6 is 0 Å². The highest BCUT2D eigenvalue weighted by atomic mass is 32.2. The van der Waals surface area contributed by atoms with Crippen LogP contribution < -0.4 is 25.7 Å². The molecule has 1 aromatic heterocycles. The number of nitrogens with one attached hydrogen (secondary N) is 1. The third kappa shape index (κ3) is 18.9. The summed E-state index contributed by atoms with van der Waals surface area (Å²) in [7, 11) is -1.85. The number of aromatic nitrogens is 1. The Labute approximate surface area is 365 Å². The quantitative estimate of drug-likeness (QED) is 0.136. The van der Waals surface area contributed by atoms with Gasteiger partial charge in [0.25, 0.3) is 0 Å². The fraction of sp³-hybridized carbons (Fsp3) is 0.667. The number of hydrogen-bond acceptors (Lipinski definition) is 10. The predicted molar refractivity (Wildman–Crippen MR) is 247 cm³/mol. The Morgan fingerprint density at radius 2 is 1.68 bits per heavy atom. The highest BCUT2D eigenvalue weighted by Crippen LogP contribution is 2.45. The molecule has 5 N–H and O–H groups in total. The minimum Gasteiger partial charge on any atom is -0.481 e. The highest BCUT2D eigenvalue weighted by molar-refractivity contribution is 7.91. The number of likely N-dealkylation sites (tertiary alicyclic amines) is 1. The van der Waals surface area contributed by atoms with Crippen LogP contribution in [0.2, 0.25) is 0 Å². The van der Waals surface area contributed by atoms with Gasteiger partial charge in [0.1, 0.15) is 17.7 Å². The zero-order valence-corrected chi connectivity index (χ0v) is 39.6. The normalized spacial score (nSPS) is 17.4. The van der Waals surface area contributed by atoms with E-state index >= 15 is 0 Å². The number of benzene rings is 1. The van der Waals surface area contributed by atoms with Crippen LogP contribution in [0.15, 0.2) is 42.5 Å². The van der Waals surface area contributed by atoms with Gasteiger partial charge in [0.05, 0.1) is 18.4 Å². The van der Waals surface area contributed by atoms with Crippen LogP contribution in [0.5, 0.6) is 11.8 Å². The zero-order chi connectivity index (χ0) is 46.3. The molecule has 0 bridgehead atoms. The van der Waals surface area contributed by atoms with Gasteiger partial charge in [-0.3, -0.25) is 19.1 Å². The first-order chi connectivity index (χ1) is 28.2. The molecule has 348 valence electrons. The van der Waals surface area contributed by atoms with Gasteiger partial charge >= 0.3 is 6.09 Å². The Kier molecular flexibility index (Phi) is 25.4. The number of hydrogen-bond donors (Lipinski definition) is 3. The molecule has 15 heteroatoms. The van der Waals surface area contributed by atoms with Gasteiger partial charge in [-0.2, -0.15) is 4.98 Å². The second-order valence-corrected chi connectivity index (χ2v) is 17.6. The molecule has 1 aliphatic heterocycles. The van der Waals surface area contributed by atoms with E-state index in [9.17, 15) is 27.6 Å². The molecule has 0 radical (unpaired) electrons. The topological polar surface area (TPSA) is 210 Å². The number of carbonyl (C=O) groups excluding carboxylic acids is 4. The Morgan fingerprint density at radius 1 is 1.07 bits per heavy atom. The van der Waals surface area contributed by atoms with Crippen molar-refractivity contribution >= 4 is 44.6 Å². The molecule has 1 aliphatic carbocycles. The first-order valence-corrected chi connectivity index (χ1v) is 23.1. The summed E-state index contributed by atoms with van der Waals surface area (Å²) in [6.45, 7) is 23.5. The molecule has 0 spiro atoms. The standard InChI is InChI=1S/C28H39N3O4.C8H15NO3S.C5H11NO2.2C2H6.3H2/c1-5-7-8-11-19(3)14-20(6-2)15-26(32)31-18-22(17-24(31)27(29)33)35-28-23-13-10-9-12-21(23)16-25(30-28)34-4;1-3-7(10)9-13(11,12)8(4-2)5-6-8;1-5(2,3)8-4(6)7;2*1-2;;;/h5,7,9-10,12-13,16,19-20,22,24H,6,8,11,14-15,17-18H2,1-4H3,(H2,29,33);3-6H2,1-2H3,(H,9,10);1-3H3,(H2,6,7);2*1-2H3;3*1H/b7-5-;;;;;;;/t19-,20-,22-,24+;;;;;;;/m1......./s1. The van der Waals surface area contributed by atoms with Gasteiger partial charge in [0.15, 0.2) is 0 Å². The van der Waals surface area contributed by atoms with Crippen molar-refractivity contribution in [3.05, 3.63) is 42.5 Å². The molecule has 1 saturated heterocycles. The smallest absolute Gasteiger partial charge is 0.405 e. The van der Waals surface area contributed by atoms with Gasteiger partial charge in [0, 0.05) is 35.0 Å². The fourth-order valence-corrected chi connectivity index (χ4v) is 8.18. The van der Waals surface area contributed by atoms with E-state index in [1.165, 1.54) is 0 Å². The van der Waals surface area contributed by atoms with Crippen molar-refractivity contribution in [1.82, 2.24) is 14.6 Å². The van der Waals surface area contributed by atoms with Crippen LogP contribution in [0, 0.1) is 11.8 Å². The lowest BCUT2D eigenvalue weighted by Gasteiger charge is -2.25. The van der Waals surface area contributed by atoms with Crippen molar-refractivity contribution in [3.63, 3.8) is 0 Å². The largest absolute Gasteiger partial charge is 0.481 e. The summed E-state index contributed by atoms with van der Waals surface area (Å²) in [5.41, 5.74) is 9.96. The van der Waals surface area contributed by atoms with Crippen LogP contribution in [0.3, 0.4) is 0 Å². The molecule has 2 aromatic rings. The van der Waals surface area contributed by atoms with Crippen LogP contribution in [0.1, 0.15) is 152 Å². The second-order valence-electron chi connectivity index (χ2n) is 15.5. The monoisotopic (exact) mass is 870 g/mol. The molecular weight excluding hydrogens is 787 g/mol. The van der Waals surface area contributed by atoms with E-state index in [1.807, 2.05) is 71.9 Å². The average molecular weight is 870 g/mol. The van der Waals surface area contributed by atoms with Crippen molar-refractivity contribution in [3.8, 4) is 11.8 Å². The fourth-order valence-electron chi connectivity index (χ4n) is 6.50. The third-order valence-corrected chi connectivity index (χ3v) is 12.3. The van der Waals surface area contributed by atoms with Gasteiger partial charge in [-0.05, 0) is 89.5 Å². The van der Waals surface area contributed by atoms with E-state index in [2.05, 4.69) is 40.4 Å². The Morgan fingerprint density at radius 3 is 2.15 bits per heavy atom. The van der Waals surface area contributed by atoms with Crippen molar-refractivity contribution < 1.29 is 46.1 Å². The first-order valence-electron chi connectivity index (χ1n) is 21.6. The summed E-state index contributed by atoms with van der Waals surface area (Å²) < 4.78 is 40.8. The van der Waals surface area contributed by atoms with E-state index < -0.39 is 44.3 Å². The van der Waals surface area contributed by atoms with Gasteiger partial charge in [-0.1, -0.05) is 92.2 Å². The lowest BCUT2D eigenvalue weighted by molar-refractivity contribution is -0.138. The number of carbonyl (C=O) groups is 4. The van der Waals surface area contributed by atoms with Crippen molar-refractivity contribution in [1.29, 1.82) is 0 Å². The Hall–Kier alpha value is -4.40. The van der Waals surface area contributed by atoms with Gasteiger partial charge < -0.3 is 30.6 Å². The maximum Gasteiger partial charge on any atom is 0.405 e. The van der Waals surface area contributed by atoms with E-state index in [0.717, 1.165) is 36.5 Å². The third-order valence-electron chi connectivity index (χ3n) is 9.92. The minimum absolute atomic E-state index is 0. The number of fused-ring (bicyclic) bond motifs is 1. The van der Waals surface area contributed by atoms with Gasteiger partial charge in [-0.15, -0.1) is 0 Å². The van der Waals surface area contributed by atoms with Crippen molar-refractivity contribution in [2.75, 3.05) is 13.7 Å². The summed E-state index contributed by atoms with van der Waals surface area (Å²) in [6.07, 6.45) is 10.2. The number of sulfonamides is 1. The van der Waals surface area contributed by atoms with Gasteiger partial charge in [-0.25, -0.2) is 13.2 Å². The molecule has 0 unspecified atom stereocenters. The molecule has 1 aromatic carbocycles. The number of nitrogens with two attached hydrogens (primary N) is 2. The minimum atomic E-state index is -3.41. The Balaban J connectivity index is -0.000000514. The van der Waals surface area contributed by atoms with E-state index in [4.69, 9.17) is 20.9 Å². The van der Waals surface area contributed by atoms with E-state index in [1.54, 1.807) is 39.7 Å². The van der Waals surface area contributed by atoms with Crippen molar-refractivity contribution in [2.45, 2.75) is 170 Å². The summed E-state index contributed by atoms with van der Waals surface area (Å²) >= 11 is 0. The molecule has 60 heavy (non-hydrogen) atoms. The maximum atomic E-state index is 13.3. The molecule has 14 nitrogen and oxygen atoms in total. The summed E-state index contributed by atoms with van der Waals surface area (Å²) in [6, 6.07) is 8.94. The molecule has 4 atom stereocenters. The molecule has 4 amide bonds. The van der Waals surface area contributed by atoms with Crippen molar-refractivity contribution in [2.24, 2.45) is 23.3 Å². The number of primary amides is 2. The SMILES string of the molecule is C/C=C\CC[C@@H](C)C[C@@H](CC)CC(=O)N1C[C@H](Oc2nc(OC)cc3ccccc23)C[C@H]1C(N)=O.CC.CC.CC(C)(C)OC(N)=O.CCC(=O)NS(=O)(=O)C1(CC)CC1.[HH].[HH].[HH]. The number of amides is 4. The number of pyridine rings is 1. The lowest BCUT2D eigenvalue weighted by atomic mass is 9.88. The first kappa shape index (κ1) is 55.6. The number of rotatable bonds is 16. The molecule has 1 saturated carbocycles. The summed E-state index contributed by atoms with van der Waals surface area (Å²) in [5.74, 6) is 0.754. The summed E-state index contributed by atoms with van der Waals surface area (Å²) in [5, 5.41) is 1.80. The highest BCUT2D eigenvalue weighted by Gasteiger charge is 2.53. The molecule has 2 aliphatic rings. The number of methoxy groups -OCH3 is 1. The average Bonchev–Trinajstić information content (AvgIpc) is 3.91. The van der Waals surface area contributed by atoms with E-state index in [-0.39, 0.29) is 28.6 Å². The Bertz CT molecular complexity index is 1770. The lowest BCUT2D eigenvalue weighted by Crippen LogP contribution is -2.44. The van der Waals surface area contributed by atoms with Crippen LogP contribution in [0.25, 0.3) is 10.8 Å². The van der Waals surface area contributed by atoms with Crippen LogP contribution in [-0.4, -0.2) is 78.3 Å². The summed E-state index contributed by atoms with van der Waals surface area (Å²) in [4.78, 5) is 52.6. The van der Waals surface area contributed by atoms with E-state index in [0.29, 0.717) is 56.3 Å². The maximum absolute atomic E-state index is 13.3. The molecular formula is C45H83N5O9S.